The summed E-state index contributed by atoms with van der Waals surface area (Å²) in [6.45, 7) is 7.38. The number of rotatable bonds is 1. The molecule has 2 heterocycles. The number of piperidine rings is 1. The van der Waals surface area contributed by atoms with Gasteiger partial charge in [-0.05, 0) is 39.9 Å². The van der Waals surface area contributed by atoms with E-state index in [1.165, 1.54) is 0 Å². The maximum Gasteiger partial charge on any atom is 0.408 e. The molecule has 0 aromatic heterocycles. The van der Waals surface area contributed by atoms with Crippen molar-refractivity contribution in [2.45, 2.75) is 50.9 Å². The molecule has 2 aliphatic heterocycles. The van der Waals surface area contributed by atoms with E-state index in [1.807, 2.05) is 45.0 Å². The van der Waals surface area contributed by atoms with Crippen molar-refractivity contribution in [1.29, 1.82) is 0 Å². The number of hydrogen-bond donors (Lipinski definition) is 2. The maximum atomic E-state index is 12.2. The molecule has 1 fully saturated rings. The van der Waals surface area contributed by atoms with Crippen molar-refractivity contribution in [3.63, 3.8) is 0 Å². The van der Waals surface area contributed by atoms with Crippen LogP contribution >= 0.6 is 0 Å². The van der Waals surface area contributed by atoms with Crippen LogP contribution in [0.4, 0.5) is 4.79 Å². The summed E-state index contributed by atoms with van der Waals surface area (Å²) in [5, 5.41) is 6.39. The van der Waals surface area contributed by atoms with Crippen molar-refractivity contribution in [3.8, 4) is 5.75 Å². The molecule has 0 aliphatic carbocycles. The first kappa shape index (κ1) is 15.2. The molecular formula is C17H24N2O3. The molecule has 1 amide bonds. The van der Waals surface area contributed by atoms with E-state index in [2.05, 4.69) is 10.6 Å². The van der Waals surface area contributed by atoms with E-state index < -0.39 is 11.7 Å². The molecule has 22 heavy (non-hydrogen) atoms. The van der Waals surface area contributed by atoms with Crippen LogP contribution < -0.4 is 15.4 Å². The number of ether oxygens (including phenoxy) is 2. The third-order valence-electron chi connectivity index (χ3n) is 4.18. The van der Waals surface area contributed by atoms with Gasteiger partial charge in [-0.3, -0.25) is 0 Å². The van der Waals surface area contributed by atoms with Crippen LogP contribution in [0.2, 0.25) is 0 Å². The summed E-state index contributed by atoms with van der Waals surface area (Å²) in [5.74, 6) is 0.866. The first-order chi connectivity index (χ1) is 10.4. The van der Waals surface area contributed by atoms with Crippen molar-refractivity contribution in [2.24, 2.45) is 0 Å². The summed E-state index contributed by atoms with van der Waals surface area (Å²) in [7, 11) is 0. The van der Waals surface area contributed by atoms with E-state index in [4.69, 9.17) is 9.47 Å². The number of carbonyl (C=O) groups excluding carboxylic acids is 1. The number of carbonyl (C=O) groups is 1. The largest absolute Gasteiger partial charge is 0.484 e. The number of fused-ring (bicyclic) bond motifs is 1. The van der Waals surface area contributed by atoms with Gasteiger partial charge in [0.1, 0.15) is 23.0 Å². The maximum absolute atomic E-state index is 12.2. The fourth-order valence-electron chi connectivity index (χ4n) is 3.25. The number of amides is 1. The first-order valence-corrected chi connectivity index (χ1v) is 7.88. The molecule has 0 bridgehead atoms. The van der Waals surface area contributed by atoms with Crippen LogP contribution in [0.5, 0.6) is 5.75 Å². The van der Waals surface area contributed by atoms with Gasteiger partial charge in [-0.15, -0.1) is 0 Å². The Morgan fingerprint density at radius 3 is 2.68 bits per heavy atom. The lowest BCUT2D eigenvalue weighted by Gasteiger charge is -2.38. The van der Waals surface area contributed by atoms with Crippen LogP contribution in [0.15, 0.2) is 24.3 Å². The highest BCUT2D eigenvalue weighted by Gasteiger charge is 2.50. The van der Waals surface area contributed by atoms with Crippen LogP contribution in [-0.2, 0) is 4.74 Å². The molecule has 0 saturated carbocycles. The topological polar surface area (TPSA) is 59.6 Å². The van der Waals surface area contributed by atoms with Crippen molar-refractivity contribution < 1.29 is 14.3 Å². The molecule has 0 radical (unpaired) electrons. The quantitative estimate of drug-likeness (QED) is 0.837. The first-order valence-electron chi connectivity index (χ1n) is 7.88. The minimum atomic E-state index is -0.510. The van der Waals surface area contributed by atoms with Crippen LogP contribution in [0.25, 0.3) is 0 Å². The Balaban J connectivity index is 1.85. The Hall–Kier alpha value is -1.75. The fourth-order valence-corrected chi connectivity index (χ4v) is 3.25. The summed E-state index contributed by atoms with van der Waals surface area (Å²) in [4.78, 5) is 12.2. The normalized spacial score (nSPS) is 22.8. The number of nitrogens with one attached hydrogen (secondary N) is 2. The van der Waals surface area contributed by atoms with Gasteiger partial charge in [0.05, 0.1) is 0 Å². The number of hydrogen-bond acceptors (Lipinski definition) is 4. The molecule has 0 unspecified atom stereocenters. The molecule has 3 rings (SSSR count). The predicted molar refractivity (Wildman–Crippen MR) is 84.0 cm³/mol. The average Bonchev–Trinajstić information content (AvgIpc) is 2.72. The van der Waals surface area contributed by atoms with Crippen molar-refractivity contribution in [1.82, 2.24) is 10.6 Å². The summed E-state index contributed by atoms with van der Waals surface area (Å²) < 4.78 is 11.7. The van der Waals surface area contributed by atoms with Crippen molar-refractivity contribution in [2.75, 3.05) is 13.1 Å². The van der Waals surface area contributed by atoms with Gasteiger partial charge in [0.15, 0.2) is 0 Å². The smallest absolute Gasteiger partial charge is 0.408 e. The Morgan fingerprint density at radius 2 is 2.00 bits per heavy atom. The molecule has 2 aliphatic rings. The van der Waals surface area contributed by atoms with Crippen LogP contribution in [0, 0.1) is 0 Å². The van der Waals surface area contributed by atoms with Gasteiger partial charge in [0.25, 0.3) is 0 Å². The van der Waals surface area contributed by atoms with Gasteiger partial charge < -0.3 is 20.1 Å². The van der Waals surface area contributed by atoms with Crippen LogP contribution in [0.3, 0.4) is 0 Å². The summed E-state index contributed by atoms with van der Waals surface area (Å²) >= 11 is 0. The highest BCUT2D eigenvalue weighted by atomic mass is 16.6. The molecule has 5 nitrogen and oxygen atoms in total. The third-order valence-corrected chi connectivity index (χ3v) is 4.18. The van der Waals surface area contributed by atoms with Gasteiger partial charge in [-0.2, -0.15) is 0 Å². The zero-order chi connectivity index (χ0) is 15.8. The van der Waals surface area contributed by atoms with Gasteiger partial charge in [-0.25, -0.2) is 4.79 Å². The SMILES string of the molecule is CC(C)(C)OC(=O)N[C@H]1c2ccccc2OC12CCNCC2. The molecule has 1 saturated heterocycles. The predicted octanol–water partition coefficient (Wildman–Crippen LogP) is 2.77. The Bertz CT molecular complexity index is 559. The molecule has 120 valence electrons. The van der Waals surface area contributed by atoms with Crippen molar-refractivity contribution in [3.05, 3.63) is 29.8 Å². The van der Waals surface area contributed by atoms with E-state index in [1.54, 1.807) is 0 Å². The van der Waals surface area contributed by atoms with Crippen molar-refractivity contribution >= 4 is 6.09 Å². The zero-order valence-corrected chi connectivity index (χ0v) is 13.4. The number of benzene rings is 1. The van der Waals surface area contributed by atoms with Gasteiger partial charge >= 0.3 is 6.09 Å². The molecular weight excluding hydrogens is 280 g/mol. The minimum absolute atomic E-state index is 0.166. The Morgan fingerprint density at radius 1 is 1.32 bits per heavy atom. The minimum Gasteiger partial charge on any atom is -0.484 e. The van der Waals surface area contributed by atoms with E-state index in [9.17, 15) is 4.79 Å². The molecule has 2 N–H and O–H groups in total. The molecule has 1 aromatic carbocycles. The monoisotopic (exact) mass is 304 g/mol. The van der Waals surface area contributed by atoms with E-state index in [0.717, 1.165) is 37.2 Å². The van der Waals surface area contributed by atoms with E-state index in [0.29, 0.717) is 0 Å². The van der Waals surface area contributed by atoms with E-state index >= 15 is 0 Å². The zero-order valence-electron chi connectivity index (χ0n) is 13.4. The third kappa shape index (κ3) is 2.90. The molecule has 1 spiro atoms. The summed E-state index contributed by atoms with van der Waals surface area (Å²) in [6, 6.07) is 7.76. The second-order valence-electron chi connectivity index (χ2n) is 7.03. The van der Waals surface area contributed by atoms with Crippen LogP contribution in [0.1, 0.15) is 45.2 Å². The van der Waals surface area contributed by atoms with Gasteiger partial charge in [0.2, 0.25) is 0 Å². The number of para-hydroxylation sites is 1. The Kier molecular flexibility index (Phi) is 3.77. The summed E-state index contributed by atoms with van der Waals surface area (Å²) in [6.07, 6.45) is 1.33. The van der Waals surface area contributed by atoms with Crippen LogP contribution in [-0.4, -0.2) is 30.4 Å². The van der Waals surface area contributed by atoms with E-state index in [-0.39, 0.29) is 11.6 Å². The average molecular weight is 304 g/mol. The standard InChI is InChI=1S/C17H24N2O3/c1-16(2,3)22-15(20)19-14-12-6-4-5-7-13(12)21-17(14)8-10-18-11-9-17/h4-7,14,18H,8-11H2,1-3H3,(H,19,20)/t14-/m0/s1. The second-order valence-corrected chi connectivity index (χ2v) is 7.03. The number of alkyl carbamates (subject to hydrolysis) is 1. The lowest BCUT2D eigenvalue weighted by atomic mass is 9.83. The van der Waals surface area contributed by atoms with Gasteiger partial charge in [0, 0.05) is 18.4 Å². The molecule has 1 atom stereocenters. The molecule has 1 aromatic rings. The lowest BCUT2D eigenvalue weighted by molar-refractivity contribution is 0.0113. The van der Waals surface area contributed by atoms with Gasteiger partial charge in [-0.1, -0.05) is 18.2 Å². The Labute approximate surface area is 131 Å². The lowest BCUT2D eigenvalue weighted by Crippen LogP contribution is -2.53. The highest BCUT2D eigenvalue weighted by Crippen LogP contribution is 2.47. The molecule has 5 heteroatoms. The fraction of sp³-hybridized carbons (Fsp3) is 0.588. The summed E-state index contributed by atoms with van der Waals surface area (Å²) in [5.41, 5.74) is 0.158. The second kappa shape index (κ2) is 5.47. The highest BCUT2D eigenvalue weighted by molar-refractivity contribution is 5.69.